The third kappa shape index (κ3) is 11.8. The Morgan fingerprint density at radius 2 is 1.07 bits per heavy atom. The number of nitrogens with zero attached hydrogens (tertiary/aromatic N) is 13. The van der Waals surface area contributed by atoms with Gasteiger partial charge in [0.25, 0.3) is 0 Å². The molecule has 6 aromatic rings. The summed E-state index contributed by atoms with van der Waals surface area (Å²) in [6, 6.07) is 19.6. The summed E-state index contributed by atoms with van der Waals surface area (Å²) in [5.41, 5.74) is 18.0. The van der Waals surface area contributed by atoms with Crippen LogP contribution in [0.3, 0.4) is 0 Å². The molecule has 88 heavy (non-hydrogen) atoms. The van der Waals surface area contributed by atoms with E-state index in [0.717, 1.165) is 198 Å². The quantitative estimate of drug-likeness (QED) is 0.100. The molecule has 15 rings (SSSR count). The lowest BCUT2D eigenvalue weighted by Gasteiger charge is -2.39. The van der Waals surface area contributed by atoms with E-state index in [2.05, 4.69) is 115 Å². The van der Waals surface area contributed by atoms with Gasteiger partial charge in [-0.15, -0.1) is 0 Å². The Labute approximate surface area is 519 Å². The van der Waals surface area contributed by atoms with Crippen LogP contribution < -0.4 is 30.7 Å². The molecule has 12 heterocycles. The van der Waals surface area contributed by atoms with Crippen molar-refractivity contribution in [3.8, 4) is 0 Å². The summed E-state index contributed by atoms with van der Waals surface area (Å²) in [4.78, 5) is 52.1. The van der Waals surface area contributed by atoms with Gasteiger partial charge in [0, 0.05) is 144 Å². The highest BCUT2D eigenvalue weighted by atomic mass is 16.5. The van der Waals surface area contributed by atoms with Crippen LogP contribution >= 0.6 is 0 Å². The van der Waals surface area contributed by atoms with E-state index >= 15 is 0 Å². The molecule has 464 valence electrons. The van der Waals surface area contributed by atoms with Crippen LogP contribution in [-0.2, 0) is 59.5 Å². The van der Waals surface area contributed by atoms with Gasteiger partial charge in [0.1, 0.15) is 17.5 Å². The fourth-order valence-electron chi connectivity index (χ4n) is 16.6. The molecular formula is C69H90N16O3. The van der Waals surface area contributed by atoms with Crippen LogP contribution in [0.4, 0.5) is 17.3 Å². The molecule has 3 saturated heterocycles. The Morgan fingerprint density at radius 3 is 1.78 bits per heavy atom. The third-order valence-electron chi connectivity index (χ3n) is 21.3. The van der Waals surface area contributed by atoms with Gasteiger partial charge in [0.2, 0.25) is 0 Å². The van der Waals surface area contributed by atoms with E-state index in [-0.39, 0.29) is 23.9 Å². The highest BCUT2D eigenvalue weighted by molar-refractivity contribution is 5.59. The van der Waals surface area contributed by atoms with Gasteiger partial charge < -0.3 is 44.9 Å². The fraction of sp³-hybridized carbons (Fsp3) is 0.580. The molecule has 0 amide bonds. The Kier molecular flexibility index (Phi) is 17.2. The molecule has 0 aromatic carbocycles. The van der Waals surface area contributed by atoms with Crippen molar-refractivity contribution in [1.82, 2.24) is 65.5 Å². The third-order valence-corrected chi connectivity index (χ3v) is 21.3. The average Bonchev–Trinajstić information content (AvgIpc) is 1.50. The number of morpholine rings is 3. The largest absolute Gasteiger partial charge is 0.378 e. The summed E-state index contributed by atoms with van der Waals surface area (Å²) in [6.45, 7) is 14.9. The van der Waals surface area contributed by atoms with Gasteiger partial charge in [-0.2, -0.15) is 0 Å². The van der Waals surface area contributed by atoms with Crippen molar-refractivity contribution in [3.63, 3.8) is 0 Å². The summed E-state index contributed by atoms with van der Waals surface area (Å²) in [7, 11) is 6.90. The van der Waals surface area contributed by atoms with E-state index in [1.807, 2.05) is 24.8 Å². The number of hydrogen-bond donors (Lipinski definition) is 3. The zero-order chi connectivity index (χ0) is 59.1. The number of ether oxygens (including phenoxy) is 3. The normalized spacial score (nSPS) is 26.3. The molecule has 0 spiro atoms. The number of likely N-dealkylation sites (N-methyl/N-ethyl adjacent to an activating group) is 2. The van der Waals surface area contributed by atoms with Crippen molar-refractivity contribution in [2.24, 2.45) is 0 Å². The Balaban J connectivity index is 0.621. The molecule has 9 aliphatic rings. The lowest BCUT2D eigenvalue weighted by molar-refractivity contribution is 0.122. The van der Waals surface area contributed by atoms with Crippen molar-refractivity contribution >= 4 is 17.3 Å². The zero-order valence-corrected chi connectivity index (χ0v) is 52.1. The molecule has 19 heteroatoms. The standard InChI is InChI=1S/C69H90N16O3/c1-80(61-15-13-50(51-10-6-20-71-65(51)61)57-39-63(83-24-30-86-31-25-83)55-38-49(76-41-58(55)77-57)44-81(2)60-12-4-8-45-9-5-19-70-64(45)60)23-18-47-36-56-59(42-75-47)78-67(79-69(56)85-28-34-88-35-29-85)53-14-16-62(66-52(53)11-7-21-72-66)82(3)43-48-37-54-46(40-74-48)17-22-73-68(54)84-26-32-87-33-27-84/h5-7,9-11,17,19-22,39,47-50,53,60-62,74-76H,4,8,12-16,18,23-38,40-44H2,1-3H3/t47-,48+,49-,50?,53?,60-,61-,62-/m0/s1. The molecule has 0 bridgehead atoms. The molecule has 6 aliphatic heterocycles. The van der Waals surface area contributed by atoms with Gasteiger partial charge in [-0.3, -0.25) is 34.6 Å². The van der Waals surface area contributed by atoms with Crippen LogP contribution in [0.15, 0.2) is 73.3 Å². The van der Waals surface area contributed by atoms with Crippen LogP contribution in [0.1, 0.15) is 154 Å². The molecule has 3 fully saturated rings. The minimum atomic E-state index is 0.0687. The second-order valence-electron chi connectivity index (χ2n) is 26.6. The molecule has 6 aromatic heterocycles. The maximum Gasteiger partial charge on any atom is 0.138 e. The number of hydrogen-bond acceptors (Lipinski definition) is 19. The smallest absolute Gasteiger partial charge is 0.138 e. The Bertz CT molecular complexity index is 3420. The minimum Gasteiger partial charge on any atom is -0.378 e. The number of aryl methyl sites for hydroxylation is 1. The van der Waals surface area contributed by atoms with Gasteiger partial charge in [0.15, 0.2) is 0 Å². The molecule has 2 unspecified atom stereocenters. The minimum absolute atomic E-state index is 0.0687. The topological polar surface area (TPSA) is 173 Å². The summed E-state index contributed by atoms with van der Waals surface area (Å²) >= 11 is 0. The molecular weight excluding hydrogens is 1100 g/mol. The monoisotopic (exact) mass is 1190 g/mol. The summed E-state index contributed by atoms with van der Waals surface area (Å²) < 4.78 is 17.6. The highest BCUT2D eigenvalue weighted by Gasteiger charge is 2.39. The molecule has 19 nitrogen and oxygen atoms in total. The lowest BCUT2D eigenvalue weighted by atomic mass is 9.79. The van der Waals surface area contributed by atoms with Crippen LogP contribution in [0, 0.1) is 0 Å². The molecule has 3 N–H and O–H groups in total. The Morgan fingerprint density at radius 1 is 0.500 bits per heavy atom. The van der Waals surface area contributed by atoms with Crippen LogP contribution in [0.5, 0.6) is 0 Å². The second kappa shape index (κ2) is 26.0. The maximum absolute atomic E-state index is 5.94. The van der Waals surface area contributed by atoms with E-state index < -0.39 is 0 Å². The van der Waals surface area contributed by atoms with Gasteiger partial charge >= 0.3 is 0 Å². The zero-order valence-electron chi connectivity index (χ0n) is 52.1. The van der Waals surface area contributed by atoms with E-state index in [9.17, 15) is 0 Å². The number of fused-ring (bicyclic) bond motifs is 6. The van der Waals surface area contributed by atoms with E-state index in [1.54, 1.807) is 0 Å². The van der Waals surface area contributed by atoms with Crippen molar-refractivity contribution in [1.29, 1.82) is 0 Å². The number of nitrogens with one attached hydrogen (secondary N) is 3. The lowest BCUT2D eigenvalue weighted by Crippen LogP contribution is -2.46. The van der Waals surface area contributed by atoms with E-state index in [4.69, 9.17) is 49.1 Å². The first-order valence-electron chi connectivity index (χ1n) is 33.4. The SMILES string of the molecule is CN(C[C@@H]1Cc2c(N3CCOCC3)cc(C3CC[C@H](N(C)CC[C@H]4Cc5c(nc(C6CC[C@H](N(C)C[C@H]7Cc8c(ccnc8N8CCOCC8)CN7)c7ncccc76)nc5N5CCOCC5)CN4)c4ncccc43)nc2CN1)[C@H]1CCCc2cccnc21. The first kappa shape index (κ1) is 58.3. The molecule has 3 aliphatic carbocycles. The van der Waals surface area contributed by atoms with Crippen LogP contribution in [0.25, 0.3) is 0 Å². The number of aromatic nitrogens is 7. The number of pyridine rings is 5. The maximum atomic E-state index is 5.94. The number of rotatable bonds is 15. The summed E-state index contributed by atoms with van der Waals surface area (Å²) in [5.74, 6) is 3.42. The second-order valence-corrected chi connectivity index (χ2v) is 26.6. The van der Waals surface area contributed by atoms with Gasteiger partial charge in [-0.05, 0) is 156 Å². The van der Waals surface area contributed by atoms with Crippen molar-refractivity contribution in [3.05, 3.63) is 152 Å². The van der Waals surface area contributed by atoms with Crippen LogP contribution in [0.2, 0.25) is 0 Å². The fourth-order valence-corrected chi connectivity index (χ4v) is 16.6. The van der Waals surface area contributed by atoms with Crippen LogP contribution in [-0.4, -0.2) is 187 Å². The molecule has 8 atom stereocenters. The summed E-state index contributed by atoms with van der Waals surface area (Å²) in [6.07, 6.45) is 19.2. The van der Waals surface area contributed by atoms with Crippen molar-refractivity contribution < 1.29 is 14.2 Å². The van der Waals surface area contributed by atoms with Gasteiger partial charge in [0.05, 0.1) is 91.9 Å². The predicted octanol–water partition coefficient (Wildman–Crippen LogP) is 6.60. The highest BCUT2D eigenvalue weighted by Crippen LogP contribution is 2.46. The molecule has 0 saturated carbocycles. The summed E-state index contributed by atoms with van der Waals surface area (Å²) in [5, 5.41) is 11.8. The first-order chi connectivity index (χ1) is 43.3. The Hall–Kier alpha value is -6.13. The van der Waals surface area contributed by atoms with Crippen molar-refractivity contribution in [2.75, 3.05) is 134 Å². The van der Waals surface area contributed by atoms with Gasteiger partial charge in [-0.25, -0.2) is 15.0 Å². The molecule has 0 radical (unpaired) electrons. The average molecular weight is 1190 g/mol. The van der Waals surface area contributed by atoms with Crippen molar-refractivity contribution in [2.45, 2.75) is 138 Å². The van der Waals surface area contributed by atoms with E-state index in [0.29, 0.717) is 37.4 Å². The first-order valence-corrected chi connectivity index (χ1v) is 33.4. The predicted molar refractivity (Wildman–Crippen MR) is 341 cm³/mol. The van der Waals surface area contributed by atoms with Gasteiger partial charge in [-0.1, -0.05) is 18.2 Å². The number of anilines is 3. The van der Waals surface area contributed by atoms with E-state index in [1.165, 1.54) is 73.8 Å².